The van der Waals surface area contributed by atoms with Crippen molar-refractivity contribution in [3.63, 3.8) is 0 Å². The molecule has 9 heteroatoms. The number of nitrogens with zero attached hydrogens (tertiary/aromatic N) is 1. The highest BCUT2D eigenvalue weighted by Gasteiger charge is 2.23. The highest BCUT2D eigenvalue weighted by molar-refractivity contribution is 5.97. The van der Waals surface area contributed by atoms with E-state index >= 15 is 0 Å². The predicted molar refractivity (Wildman–Crippen MR) is 57.5 cm³/mol. The van der Waals surface area contributed by atoms with Crippen molar-refractivity contribution in [3.05, 3.63) is 35.1 Å². The van der Waals surface area contributed by atoms with Gasteiger partial charge in [0.1, 0.15) is 13.1 Å². The Morgan fingerprint density at radius 2 is 1.35 bits per heavy atom. The molecule has 6 nitrogen and oxygen atoms in total. The van der Waals surface area contributed by atoms with E-state index < -0.39 is 54.0 Å². The van der Waals surface area contributed by atoms with Gasteiger partial charge in [0.05, 0.1) is 0 Å². The number of aliphatic carboxylic acids is 2. The van der Waals surface area contributed by atoms with Crippen LogP contribution in [-0.2, 0) is 9.59 Å². The van der Waals surface area contributed by atoms with E-state index in [-0.39, 0.29) is 0 Å². The molecule has 1 aromatic carbocycles. The van der Waals surface area contributed by atoms with Crippen molar-refractivity contribution in [1.82, 2.24) is 4.90 Å². The molecule has 20 heavy (non-hydrogen) atoms. The number of carboxylic acid groups (broad SMARTS) is 2. The van der Waals surface area contributed by atoms with Crippen molar-refractivity contribution >= 4 is 17.8 Å². The third-order valence-electron chi connectivity index (χ3n) is 2.17. The van der Waals surface area contributed by atoms with E-state index in [1.165, 1.54) is 0 Å². The standard InChI is InChI=1S/C11H8F3NO5/c12-6-1-5(2-7(13)10(6)14)11(20)15(3-8(16)17)4-9(18)19/h1-2H,3-4H2,(H,16,17)(H,18,19). The second-order valence-electron chi connectivity index (χ2n) is 3.70. The van der Waals surface area contributed by atoms with Crippen molar-refractivity contribution in [1.29, 1.82) is 0 Å². The number of carboxylic acids is 2. The van der Waals surface area contributed by atoms with E-state index in [1.807, 2.05) is 0 Å². The van der Waals surface area contributed by atoms with Crippen LogP contribution in [0.2, 0.25) is 0 Å². The van der Waals surface area contributed by atoms with Crippen molar-refractivity contribution in [2.75, 3.05) is 13.1 Å². The number of carbonyl (C=O) groups is 3. The molecule has 1 amide bonds. The van der Waals surface area contributed by atoms with Gasteiger partial charge in [-0.3, -0.25) is 14.4 Å². The first-order chi connectivity index (χ1) is 9.22. The molecule has 0 saturated heterocycles. The van der Waals surface area contributed by atoms with Crippen molar-refractivity contribution in [2.45, 2.75) is 0 Å². The molecule has 0 aliphatic carbocycles. The Morgan fingerprint density at radius 3 is 1.70 bits per heavy atom. The van der Waals surface area contributed by atoms with Crippen LogP contribution < -0.4 is 0 Å². The summed E-state index contributed by atoms with van der Waals surface area (Å²) in [7, 11) is 0. The second kappa shape index (κ2) is 6.04. The fraction of sp³-hybridized carbons (Fsp3) is 0.182. The first-order valence-corrected chi connectivity index (χ1v) is 5.09. The van der Waals surface area contributed by atoms with E-state index in [1.54, 1.807) is 0 Å². The molecular formula is C11H8F3NO5. The molecule has 0 unspecified atom stereocenters. The number of hydrogen-bond donors (Lipinski definition) is 2. The Morgan fingerprint density at radius 1 is 0.950 bits per heavy atom. The number of halogens is 3. The summed E-state index contributed by atoms with van der Waals surface area (Å²) in [5.41, 5.74) is -0.691. The van der Waals surface area contributed by atoms with E-state index in [2.05, 4.69) is 0 Å². The molecule has 108 valence electrons. The van der Waals surface area contributed by atoms with Gasteiger partial charge in [0.2, 0.25) is 0 Å². The van der Waals surface area contributed by atoms with E-state index in [4.69, 9.17) is 10.2 Å². The first kappa shape index (κ1) is 15.5. The summed E-state index contributed by atoms with van der Waals surface area (Å²) in [6.07, 6.45) is 0. The molecule has 0 aromatic heterocycles. The van der Waals surface area contributed by atoms with Gasteiger partial charge in [-0.2, -0.15) is 0 Å². The minimum atomic E-state index is -1.79. The lowest BCUT2D eigenvalue weighted by Crippen LogP contribution is -2.39. The van der Waals surface area contributed by atoms with Gasteiger partial charge in [0, 0.05) is 5.56 Å². The van der Waals surface area contributed by atoms with E-state index in [9.17, 15) is 27.6 Å². The maximum Gasteiger partial charge on any atom is 0.323 e. The molecule has 1 aromatic rings. The lowest BCUT2D eigenvalue weighted by Gasteiger charge is -2.18. The van der Waals surface area contributed by atoms with E-state index in [0.29, 0.717) is 17.0 Å². The Hall–Kier alpha value is -2.58. The Balaban J connectivity index is 3.11. The van der Waals surface area contributed by atoms with Gasteiger partial charge in [-0.05, 0) is 12.1 Å². The quantitative estimate of drug-likeness (QED) is 0.779. The Bertz CT molecular complexity index is 536. The van der Waals surface area contributed by atoms with Crippen LogP contribution in [0.15, 0.2) is 12.1 Å². The smallest absolute Gasteiger partial charge is 0.323 e. The highest BCUT2D eigenvalue weighted by Crippen LogP contribution is 2.15. The molecular weight excluding hydrogens is 283 g/mol. The van der Waals surface area contributed by atoms with Gasteiger partial charge >= 0.3 is 11.9 Å². The summed E-state index contributed by atoms with van der Waals surface area (Å²) >= 11 is 0. The summed E-state index contributed by atoms with van der Waals surface area (Å²) in [6, 6.07) is 0.717. The maximum absolute atomic E-state index is 13.0. The number of amides is 1. The molecule has 0 heterocycles. The summed E-state index contributed by atoms with van der Waals surface area (Å²) < 4.78 is 38.7. The lowest BCUT2D eigenvalue weighted by molar-refractivity contribution is -0.140. The van der Waals surface area contributed by atoms with Gasteiger partial charge < -0.3 is 15.1 Å². The number of rotatable bonds is 5. The summed E-state index contributed by atoms with van der Waals surface area (Å²) in [4.78, 5) is 33.2. The zero-order valence-electron chi connectivity index (χ0n) is 9.77. The van der Waals surface area contributed by atoms with Crippen LogP contribution in [0.4, 0.5) is 13.2 Å². The van der Waals surface area contributed by atoms with Gasteiger partial charge in [0.15, 0.2) is 17.5 Å². The molecule has 0 aliphatic rings. The van der Waals surface area contributed by atoms with Crippen LogP contribution in [-0.4, -0.2) is 46.0 Å². The van der Waals surface area contributed by atoms with Crippen LogP contribution in [0.25, 0.3) is 0 Å². The maximum atomic E-state index is 13.0. The largest absolute Gasteiger partial charge is 0.480 e. The molecule has 0 atom stereocenters. The topological polar surface area (TPSA) is 94.9 Å². The van der Waals surface area contributed by atoms with Gasteiger partial charge in [-0.1, -0.05) is 0 Å². The molecule has 2 N–H and O–H groups in total. The SMILES string of the molecule is O=C(O)CN(CC(=O)O)C(=O)c1cc(F)c(F)c(F)c1. The van der Waals surface area contributed by atoms with Crippen LogP contribution in [0.3, 0.4) is 0 Å². The molecule has 0 radical (unpaired) electrons. The minimum absolute atomic E-state index is 0.344. The third kappa shape index (κ3) is 3.70. The van der Waals surface area contributed by atoms with Crippen LogP contribution >= 0.6 is 0 Å². The normalized spacial score (nSPS) is 10.2. The van der Waals surface area contributed by atoms with Crippen LogP contribution in [0.5, 0.6) is 0 Å². The zero-order chi connectivity index (χ0) is 15.4. The third-order valence-corrected chi connectivity index (χ3v) is 2.17. The molecule has 0 saturated carbocycles. The Kier molecular flexibility index (Phi) is 4.68. The minimum Gasteiger partial charge on any atom is -0.480 e. The molecule has 0 aliphatic heterocycles. The van der Waals surface area contributed by atoms with Crippen molar-refractivity contribution < 1.29 is 37.8 Å². The second-order valence-corrected chi connectivity index (χ2v) is 3.70. The summed E-state index contributed by atoms with van der Waals surface area (Å²) in [6.45, 7) is -1.96. The van der Waals surface area contributed by atoms with E-state index in [0.717, 1.165) is 0 Å². The predicted octanol–water partition coefficient (Wildman–Crippen LogP) is 0.715. The van der Waals surface area contributed by atoms with Gasteiger partial charge in [-0.25, -0.2) is 13.2 Å². The average Bonchev–Trinajstić information content (AvgIpc) is 2.32. The molecule has 0 fully saturated rings. The first-order valence-electron chi connectivity index (χ1n) is 5.09. The molecule has 0 bridgehead atoms. The van der Waals surface area contributed by atoms with Crippen LogP contribution in [0.1, 0.15) is 10.4 Å². The van der Waals surface area contributed by atoms with Crippen molar-refractivity contribution in [3.8, 4) is 0 Å². The molecule has 1 rings (SSSR count). The zero-order valence-corrected chi connectivity index (χ0v) is 9.77. The Labute approximate surface area is 110 Å². The summed E-state index contributed by atoms with van der Waals surface area (Å²) in [5, 5.41) is 17.1. The number of carbonyl (C=O) groups excluding carboxylic acids is 1. The molecule has 0 spiro atoms. The number of hydrogen-bond acceptors (Lipinski definition) is 3. The van der Waals surface area contributed by atoms with Crippen molar-refractivity contribution in [2.24, 2.45) is 0 Å². The summed E-state index contributed by atoms with van der Waals surface area (Å²) in [5.74, 6) is -9.33. The monoisotopic (exact) mass is 291 g/mol. The fourth-order valence-electron chi connectivity index (χ4n) is 1.39. The average molecular weight is 291 g/mol. The van der Waals surface area contributed by atoms with Crippen LogP contribution in [0, 0.1) is 17.5 Å². The van der Waals surface area contributed by atoms with Gasteiger partial charge in [-0.15, -0.1) is 0 Å². The highest BCUT2D eigenvalue weighted by atomic mass is 19.2. The lowest BCUT2D eigenvalue weighted by atomic mass is 10.1. The number of benzene rings is 1. The van der Waals surface area contributed by atoms with Gasteiger partial charge in [0.25, 0.3) is 5.91 Å². The fourth-order valence-corrected chi connectivity index (χ4v) is 1.39.